The summed E-state index contributed by atoms with van der Waals surface area (Å²) < 4.78 is 0. The van der Waals surface area contributed by atoms with E-state index in [0.29, 0.717) is 16.5 Å². The van der Waals surface area contributed by atoms with Gasteiger partial charge in [0.05, 0.1) is 5.33 Å². The van der Waals surface area contributed by atoms with E-state index in [9.17, 15) is 4.79 Å². The lowest BCUT2D eigenvalue weighted by Crippen LogP contribution is -1.82. The average molecular weight is 263 g/mol. The van der Waals surface area contributed by atoms with Gasteiger partial charge < -0.3 is 4.98 Å². The second-order valence-electron chi connectivity index (χ2n) is 2.92. The first kappa shape index (κ1) is 9.94. The second kappa shape index (κ2) is 4.28. The number of carbonyl (C=O) groups excluding carboxylic acids is 1. The summed E-state index contributed by atoms with van der Waals surface area (Å²) in [5, 5.41) is 1.44. The number of aromatic nitrogens is 2. The fraction of sp³-hybridized carbons (Fsp3) is 0.0909. The lowest BCUT2D eigenvalue weighted by molar-refractivity contribution is 0.112. The first-order chi connectivity index (χ1) is 7.35. The van der Waals surface area contributed by atoms with Crippen molar-refractivity contribution in [2.45, 2.75) is 0 Å². The number of hydrogen-bond acceptors (Lipinski definition) is 2. The summed E-state index contributed by atoms with van der Waals surface area (Å²) in [7, 11) is 0. The number of aromatic amines is 1. The second-order valence-corrected chi connectivity index (χ2v) is 3.48. The Kier molecular flexibility index (Phi) is 2.84. The predicted octanol–water partition coefficient (Wildman–Crippen LogP) is 2.12. The molecular weight excluding hydrogens is 256 g/mol. The van der Waals surface area contributed by atoms with Crippen molar-refractivity contribution in [1.29, 1.82) is 0 Å². The summed E-state index contributed by atoms with van der Waals surface area (Å²) >= 11 is 3.22. The lowest BCUT2D eigenvalue weighted by Gasteiger charge is -1.91. The maximum Gasteiger partial charge on any atom is 0.152 e. The molecule has 0 aromatic carbocycles. The minimum atomic E-state index is 0.611. The smallest absolute Gasteiger partial charge is 0.152 e. The molecule has 2 aromatic heterocycles. The molecule has 0 aliphatic rings. The molecule has 0 saturated heterocycles. The fourth-order valence-electron chi connectivity index (χ4n) is 1.33. The van der Waals surface area contributed by atoms with Crippen molar-refractivity contribution >= 4 is 33.2 Å². The molecule has 1 N–H and O–H groups in total. The summed E-state index contributed by atoms with van der Waals surface area (Å²) in [6.45, 7) is 0. The maximum absolute atomic E-state index is 10.7. The fourth-order valence-corrected chi connectivity index (χ4v) is 1.47. The van der Waals surface area contributed by atoms with E-state index in [2.05, 4.69) is 37.7 Å². The summed E-state index contributed by atoms with van der Waals surface area (Å²) in [5.74, 6) is 5.83. The maximum atomic E-state index is 10.7. The van der Waals surface area contributed by atoms with E-state index < -0.39 is 0 Å². The predicted molar refractivity (Wildman–Crippen MR) is 62.2 cm³/mol. The van der Waals surface area contributed by atoms with Gasteiger partial charge in [-0.1, -0.05) is 27.8 Å². The van der Waals surface area contributed by atoms with Gasteiger partial charge in [0.15, 0.2) is 6.29 Å². The van der Waals surface area contributed by atoms with E-state index in [1.807, 2.05) is 6.07 Å². The number of rotatable bonds is 1. The number of H-pyrrole nitrogens is 1. The number of aldehydes is 1. The Morgan fingerprint density at radius 2 is 2.47 bits per heavy atom. The molecule has 0 aliphatic carbocycles. The van der Waals surface area contributed by atoms with Crippen LogP contribution in [0.5, 0.6) is 0 Å². The zero-order valence-corrected chi connectivity index (χ0v) is 9.34. The molecule has 0 fully saturated rings. The van der Waals surface area contributed by atoms with Crippen LogP contribution in [-0.4, -0.2) is 21.6 Å². The van der Waals surface area contributed by atoms with Gasteiger partial charge in [0.25, 0.3) is 0 Å². The van der Waals surface area contributed by atoms with Crippen LogP contribution < -0.4 is 0 Å². The van der Waals surface area contributed by atoms with Gasteiger partial charge in [-0.15, -0.1) is 0 Å². The molecule has 0 radical (unpaired) electrons. The Labute approximate surface area is 95.0 Å². The van der Waals surface area contributed by atoms with Gasteiger partial charge in [-0.25, -0.2) is 4.98 Å². The van der Waals surface area contributed by atoms with E-state index in [0.717, 1.165) is 17.2 Å². The molecule has 0 bridgehead atoms. The monoisotopic (exact) mass is 262 g/mol. The third-order valence-electron chi connectivity index (χ3n) is 1.99. The lowest BCUT2D eigenvalue weighted by atomic mass is 10.2. The van der Waals surface area contributed by atoms with Crippen LogP contribution in [0, 0.1) is 11.8 Å². The Hall–Kier alpha value is -1.60. The molecule has 0 spiro atoms. The van der Waals surface area contributed by atoms with E-state index in [4.69, 9.17) is 0 Å². The quantitative estimate of drug-likeness (QED) is 0.486. The molecule has 15 heavy (non-hydrogen) atoms. The van der Waals surface area contributed by atoms with Crippen molar-refractivity contribution in [2.24, 2.45) is 0 Å². The highest BCUT2D eigenvalue weighted by Gasteiger charge is 2.03. The van der Waals surface area contributed by atoms with Crippen molar-refractivity contribution in [2.75, 3.05) is 5.33 Å². The molecule has 0 aliphatic heterocycles. The summed E-state index contributed by atoms with van der Waals surface area (Å²) in [4.78, 5) is 17.8. The Morgan fingerprint density at radius 3 is 3.20 bits per heavy atom. The van der Waals surface area contributed by atoms with Crippen molar-refractivity contribution in [3.63, 3.8) is 0 Å². The van der Waals surface area contributed by atoms with Gasteiger partial charge in [0.2, 0.25) is 0 Å². The number of alkyl halides is 1. The minimum absolute atomic E-state index is 0.611. The topological polar surface area (TPSA) is 45.8 Å². The molecule has 0 atom stereocenters. The van der Waals surface area contributed by atoms with Crippen LogP contribution in [0.25, 0.3) is 11.0 Å². The van der Waals surface area contributed by atoms with Crippen LogP contribution in [0.2, 0.25) is 0 Å². The molecule has 0 amide bonds. The average Bonchev–Trinajstić information content (AvgIpc) is 2.68. The Morgan fingerprint density at radius 1 is 1.60 bits per heavy atom. The molecule has 2 heterocycles. The molecule has 0 saturated carbocycles. The highest BCUT2D eigenvalue weighted by molar-refractivity contribution is 9.09. The van der Waals surface area contributed by atoms with E-state index in [-0.39, 0.29) is 0 Å². The minimum Gasteiger partial charge on any atom is -0.345 e. The molecule has 4 heteroatoms. The number of pyridine rings is 1. The van der Waals surface area contributed by atoms with Crippen LogP contribution in [0.3, 0.4) is 0 Å². The van der Waals surface area contributed by atoms with Crippen LogP contribution in [0.15, 0.2) is 18.5 Å². The van der Waals surface area contributed by atoms with Crippen LogP contribution in [0.4, 0.5) is 0 Å². The number of hydrogen-bond donors (Lipinski definition) is 1. The largest absolute Gasteiger partial charge is 0.345 e. The summed E-state index contributed by atoms with van der Waals surface area (Å²) in [5.41, 5.74) is 2.13. The molecule has 2 rings (SSSR count). The molecule has 3 nitrogen and oxygen atoms in total. The normalized spacial score (nSPS) is 9.67. The number of carbonyl (C=O) groups is 1. The van der Waals surface area contributed by atoms with E-state index in [1.165, 1.54) is 0 Å². The third-order valence-corrected chi connectivity index (χ3v) is 2.27. The van der Waals surface area contributed by atoms with Crippen molar-refractivity contribution in [1.82, 2.24) is 9.97 Å². The summed E-state index contributed by atoms with van der Waals surface area (Å²) in [6.07, 6.45) is 4.14. The van der Waals surface area contributed by atoms with Crippen LogP contribution >= 0.6 is 15.9 Å². The number of fused-ring (bicyclic) bond motifs is 1. The van der Waals surface area contributed by atoms with Crippen molar-refractivity contribution in [3.8, 4) is 11.8 Å². The zero-order valence-electron chi connectivity index (χ0n) is 7.75. The number of nitrogens with one attached hydrogen (secondary N) is 1. The van der Waals surface area contributed by atoms with E-state index in [1.54, 1.807) is 12.4 Å². The zero-order chi connectivity index (χ0) is 10.7. The van der Waals surface area contributed by atoms with Gasteiger partial charge in [-0.05, 0) is 6.07 Å². The Balaban J connectivity index is 2.57. The highest BCUT2D eigenvalue weighted by atomic mass is 79.9. The van der Waals surface area contributed by atoms with Crippen molar-refractivity contribution < 1.29 is 4.79 Å². The van der Waals surface area contributed by atoms with Gasteiger partial charge in [-0.2, -0.15) is 0 Å². The van der Waals surface area contributed by atoms with Crippen molar-refractivity contribution in [3.05, 3.63) is 29.6 Å². The van der Waals surface area contributed by atoms with Gasteiger partial charge in [0.1, 0.15) is 5.65 Å². The van der Waals surface area contributed by atoms with Gasteiger partial charge in [0, 0.05) is 28.9 Å². The third kappa shape index (κ3) is 1.92. The summed E-state index contributed by atoms with van der Waals surface area (Å²) in [6, 6.07) is 1.86. The highest BCUT2D eigenvalue weighted by Crippen LogP contribution is 2.15. The van der Waals surface area contributed by atoms with Crippen LogP contribution in [-0.2, 0) is 0 Å². The SMILES string of the molecule is O=Cc1c[nH]c2ncc(C#CCBr)cc12. The van der Waals surface area contributed by atoms with Gasteiger partial charge >= 0.3 is 0 Å². The molecule has 74 valence electrons. The molecule has 0 unspecified atom stereocenters. The van der Waals surface area contributed by atoms with Crippen LogP contribution in [0.1, 0.15) is 15.9 Å². The van der Waals surface area contributed by atoms with Gasteiger partial charge in [-0.3, -0.25) is 4.79 Å². The molecule has 2 aromatic rings. The number of halogens is 1. The number of nitrogens with zero attached hydrogens (tertiary/aromatic N) is 1. The first-order valence-corrected chi connectivity index (χ1v) is 5.44. The standard InChI is InChI=1S/C11H7BrN2O/c12-3-1-2-8-4-10-9(7-15)6-14-11(10)13-5-8/h4-7H,3H2,(H,13,14). The Bertz CT molecular complexity index is 563. The first-order valence-electron chi connectivity index (χ1n) is 4.32. The molecular formula is C11H7BrN2O. The van der Waals surface area contributed by atoms with E-state index >= 15 is 0 Å².